The van der Waals surface area contributed by atoms with Gasteiger partial charge in [-0.05, 0) is 45.1 Å². The van der Waals surface area contributed by atoms with E-state index in [-0.39, 0.29) is 11.7 Å². The van der Waals surface area contributed by atoms with Gasteiger partial charge in [0.25, 0.3) is 0 Å². The van der Waals surface area contributed by atoms with E-state index in [1.807, 2.05) is 0 Å². The molecule has 1 fully saturated rings. The number of nitrogens with two attached hydrogens (primary N) is 1. The molecular formula is C14H21FN4. The lowest BCUT2D eigenvalue weighted by Gasteiger charge is -2.31. The summed E-state index contributed by atoms with van der Waals surface area (Å²) in [4.78, 5) is 4.52. The van der Waals surface area contributed by atoms with Crippen molar-refractivity contribution in [1.29, 1.82) is 5.41 Å². The topological polar surface area (TPSA) is 56.4 Å². The Morgan fingerprint density at radius 2 is 2.16 bits per heavy atom. The van der Waals surface area contributed by atoms with Crippen LogP contribution in [0.15, 0.2) is 18.2 Å². The number of nitrogens with zero attached hydrogens (tertiary/aromatic N) is 2. The van der Waals surface area contributed by atoms with Crippen LogP contribution < -0.4 is 10.6 Å². The number of likely N-dealkylation sites (N-methyl/N-ethyl adjacent to an activating group) is 1. The number of anilines is 1. The highest BCUT2D eigenvalue weighted by molar-refractivity contribution is 6.00. The molecule has 1 aromatic carbocycles. The SMILES string of the molecule is CC1CN(C)CCCN1c1ccc(F)cc1C(=N)N. The van der Waals surface area contributed by atoms with Gasteiger partial charge in [0.15, 0.2) is 0 Å². The van der Waals surface area contributed by atoms with Crippen LogP contribution in [-0.4, -0.2) is 43.5 Å². The Labute approximate surface area is 113 Å². The summed E-state index contributed by atoms with van der Waals surface area (Å²) in [5.41, 5.74) is 6.92. The number of benzene rings is 1. The fraction of sp³-hybridized carbons (Fsp3) is 0.500. The van der Waals surface area contributed by atoms with E-state index in [4.69, 9.17) is 11.1 Å². The van der Waals surface area contributed by atoms with Gasteiger partial charge in [0.1, 0.15) is 11.7 Å². The van der Waals surface area contributed by atoms with Crippen molar-refractivity contribution in [1.82, 2.24) is 4.90 Å². The Hall–Kier alpha value is -1.62. The molecule has 3 N–H and O–H groups in total. The van der Waals surface area contributed by atoms with Gasteiger partial charge < -0.3 is 15.5 Å². The minimum atomic E-state index is -0.353. The first-order chi connectivity index (χ1) is 8.99. The van der Waals surface area contributed by atoms with E-state index in [1.165, 1.54) is 12.1 Å². The minimum Gasteiger partial charge on any atom is -0.384 e. The van der Waals surface area contributed by atoms with Crippen LogP contribution in [0, 0.1) is 11.2 Å². The summed E-state index contributed by atoms with van der Waals surface area (Å²) in [6.45, 7) is 5.05. The maximum Gasteiger partial charge on any atom is 0.125 e. The molecule has 19 heavy (non-hydrogen) atoms. The number of rotatable bonds is 2. The number of nitrogen functional groups attached to an aromatic ring is 1. The first-order valence-electron chi connectivity index (χ1n) is 6.58. The van der Waals surface area contributed by atoms with Gasteiger partial charge in [0.05, 0.1) is 0 Å². The molecular weight excluding hydrogens is 243 g/mol. The van der Waals surface area contributed by atoms with Crippen molar-refractivity contribution in [2.45, 2.75) is 19.4 Å². The number of hydrogen-bond acceptors (Lipinski definition) is 3. The normalized spacial score (nSPS) is 21.2. The van der Waals surface area contributed by atoms with Gasteiger partial charge in [-0.2, -0.15) is 0 Å². The van der Waals surface area contributed by atoms with Crippen molar-refractivity contribution in [3.05, 3.63) is 29.6 Å². The van der Waals surface area contributed by atoms with Crippen LogP contribution in [-0.2, 0) is 0 Å². The molecule has 104 valence electrons. The quantitative estimate of drug-likeness (QED) is 0.630. The molecule has 4 nitrogen and oxygen atoms in total. The van der Waals surface area contributed by atoms with Gasteiger partial charge in [-0.15, -0.1) is 0 Å². The summed E-state index contributed by atoms with van der Waals surface area (Å²) < 4.78 is 13.3. The van der Waals surface area contributed by atoms with E-state index >= 15 is 0 Å². The van der Waals surface area contributed by atoms with Crippen LogP contribution >= 0.6 is 0 Å². The van der Waals surface area contributed by atoms with Crippen molar-refractivity contribution in [3.8, 4) is 0 Å². The maximum absolute atomic E-state index is 13.3. The zero-order valence-corrected chi connectivity index (χ0v) is 11.5. The van der Waals surface area contributed by atoms with Crippen molar-refractivity contribution >= 4 is 11.5 Å². The largest absolute Gasteiger partial charge is 0.384 e. The summed E-state index contributed by atoms with van der Waals surface area (Å²) in [6, 6.07) is 4.83. The van der Waals surface area contributed by atoms with E-state index in [0.717, 1.165) is 31.7 Å². The maximum atomic E-state index is 13.3. The molecule has 1 aliphatic heterocycles. The lowest BCUT2D eigenvalue weighted by molar-refractivity contribution is 0.337. The predicted octanol–water partition coefficient (Wildman–Crippen LogP) is 1.64. The van der Waals surface area contributed by atoms with E-state index in [2.05, 4.69) is 23.8 Å². The molecule has 1 heterocycles. The van der Waals surface area contributed by atoms with E-state index < -0.39 is 0 Å². The van der Waals surface area contributed by atoms with Crippen molar-refractivity contribution in [3.63, 3.8) is 0 Å². The highest BCUT2D eigenvalue weighted by Crippen LogP contribution is 2.25. The Morgan fingerprint density at radius 1 is 1.42 bits per heavy atom. The molecule has 1 unspecified atom stereocenters. The molecule has 0 spiro atoms. The molecule has 0 aromatic heterocycles. The second-order valence-electron chi connectivity index (χ2n) is 5.23. The average Bonchev–Trinajstić information content (AvgIpc) is 2.50. The van der Waals surface area contributed by atoms with Gasteiger partial charge in [-0.3, -0.25) is 5.41 Å². The first-order valence-corrected chi connectivity index (χ1v) is 6.58. The van der Waals surface area contributed by atoms with Crippen LogP contribution in [0.5, 0.6) is 0 Å². The fourth-order valence-electron chi connectivity index (χ4n) is 2.70. The Balaban J connectivity index is 2.37. The molecule has 0 radical (unpaired) electrons. The molecule has 2 rings (SSSR count). The lowest BCUT2D eigenvalue weighted by Crippen LogP contribution is -2.39. The number of amidine groups is 1. The average molecular weight is 264 g/mol. The summed E-state index contributed by atoms with van der Waals surface area (Å²) in [6.07, 6.45) is 1.05. The Bertz CT molecular complexity index is 475. The highest BCUT2D eigenvalue weighted by Gasteiger charge is 2.22. The van der Waals surface area contributed by atoms with Crippen molar-refractivity contribution < 1.29 is 4.39 Å². The van der Waals surface area contributed by atoms with Crippen LogP contribution in [0.4, 0.5) is 10.1 Å². The zero-order valence-electron chi connectivity index (χ0n) is 11.5. The van der Waals surface area contributed by atoms with Crippen LogP contribution in [0.25, 0.3) is 0 Å². The van der Waals surface area contributed by atoms with Gasteiger partial charge >= 0.3 is 0 Å². The van der Waals surface area contributed by atoms with E-state index in [9.17, 15) is 4.39 Å². The second kappa shape index (κ2) is 5.57. The number of nitrogens with one attached hydrogen (secondary N) is 1. The third-order valence-corrected chi connectivity index (χ3v) is 3.61. The summed E-state index contributed by atoms with van der Waals surface area (Å²) >= 11 is 0. The van der Waals surface area contributed by atoms with Crippen LogP contribution in [0.3, 0.4) is 0 Å². The van der Waals surface area contributed by atoms with Crippen molar-refractivity contribution in [2.75, 3.05) is 31.6 Å². The molecule has 5 heteroatoms. The van der Waals surface area contributed by atoms with E-state index in [0.29, 0.717) is 11.6 Å². The van der Waals surface area contributed by atoms with Crippen LogP contribution in [0.1, 0.15) is 18.9 Å². The third-order valence-electron chi connectivity index (χ3n) is 3.61. The number of halogens is 1. The molecule has 0 aliphatic carbocycles. The zero-order chi connectivity index (χ0) is 14.0. The van der Waals surface area contributed by atoms with Crippen LogP contribution in [0.2, 0.25) is 0 Å². The Kier molecular flexibility index (Phi) is 4.04. The molecule has 0 bridgehead atoms. The fourth-order valence-corrected chi connectivity index (χ4v) is 2.70. The predicted molar refractivity (Wildman–Crippen MR) is 76.3 cm³/mol. The molecule has 1 aliphatic rings. The molecule has 0 saturated carbocycles. The van der Waals surface area contributed by atoms with Gasteiger partial charge in [0.2, 0.25) is 0 Å². The highest BCUT2D eigenvalue weighted by atomic mass is 19.1. The lowest BCUT2D eigenvalue weighted by atomic mass is 10.1. The van der Waals surface area contributed by atoms with Crippen molar-refractivity contribution in [2.24, 2.45) is 5.73 Å². The third kappa shape index (κ3) is 3.04. The van der Waals surface area contributed by atoms with Gasteiger partial charge in [0, 0.05) is 30.4 Å². The summed E-state index contributed by atoms with van der Waals surface area (Å²) in [5, 5.41) is 7.63. The monoisotopic (exact) mass is 264 g/mol. The summed E-state index contributed by atoms with van der Waals surface area (Å²) in [5.74, 6) is -0.437. The van der Waals surface area contributed by atoms with E-state index in [1.54, 1.807) is 6.07 Å². The summed E-state index contributed by atoms with van der Waals surface area (Å²) in [7, 11) is 2.11. The molecule has 1 aromatic rings. The first kappa shape index (κ1) is 13.8. The molecule has 0 amide bonds. The minimum absolute atomic E-state index is 0.0840. The molecule has 1 atom stereocenters. The standard InChI is InChI=1S/C14H21FN4/c1-10-9-18(2)6-3-7-19(10)13-5-4-11(15)8-12(13)14(16)17/h4-5,8,10H,3,6-7,9H2,1-2H3,(H3,16,17). The molecule has 1 saturated heterocycles. The number of hydrogen-bond donors (Lipinski definition) is 2. The van der Waals surface area contributed by atoms with Gasteiger partial charge in [-0.1, -0.05) is 0 Å². The smallest absolute Gasteiger partial charge is 0.125 e. The Morgan fingerprint density at radius 3 is 2.84 bits per heavy atom. The van der Waals surface area contributed by atoms with Gasteiger partial charge in [-0.25, -0.2) is 4.39 Å². The second-order valence-corrected chi connectivity index (χ2v) is 5.23.